The molecular weight excluding hydrogens is 526 g/mol. The molecular formula is C26H35N5O7S. The number of primary amides is 1. The maximum atomic E-state index is 14.1. The third kappa shape index (κ3) is 6.04. The van der Waals surface area contributed by atoms with E-state index in [1.807, 2.05) is 0 Å². The van der Waals surface area contributed by atoms with Crippen molar-refractivity contribution in [3.05, 3.63) is 28.3 Å². The van der Waals surface area contributed by atoms with Crippen molar-refractivity contribution in [3.8, 4) is 17.2 Å². The van der Waals surface area contributed by atoms with Crippen molar-refractivity contribution in [3.63, 3.8) is 0 Å². The molecule has 1 aliphatic heterocycles. The highest BCUT2D eigenvalue weighted by Crippen LogP contribution is 2.41. The van der Waals surface area contributed by atoms with Crippen LogP contribution < -0.4 is 31.0 Å². The number of nitrogens with two attached hydrogens (primary N) is 2. The molecule has 12 nitrogen and oxygen atoms in total. The van der Waals surface area contributed by atoms with Gasteiger partial charge in [-0.2, -0.15) is 4.37 Å². The molecule has 13 heteroatoms. The fraction of sp³-hybridized carbons (Fsp3) is 0.538. The summed E-state index contributed by atoms with van der Waals surface area (Å²) in [4.78, 5) is 41.4. The molecule has 4 rings (SSSR count). The summed E-state index contributed by atoms with van der Waals surface area (Å²) in [5, 5.41) is 3.13. The molecule has 1 aromatic carbocycles. The second-order valence-corrected chi connectivity index (χ2v) is 10.4. The number of ether oxygens (including phenoxy) is 4. The Labute approximate surface area is 231 Å². The van der Waals surface area contributed by atoms with Crippen LogP contribution in [0, 0.1) is 0 Å². The van der Waals surface area contributed by atoms with E-state index < -0.39 is 17.9 Å². The molecule has 2 fully saturated rings. The summed E-state index contributed by atoms with van der Waals surface area (Å²) >= 11 is 0.769. The molecule has 1 saturated heterocycles. The third-order valence-corrected chi connectivity index (χ3v) is 7.96. The van der Waals surface area contributed by atoms with E-state index in [1.165, 1.54) is 26.2 Å². The van der Waals surface area contributed by atoms with Crippen LogP contribution in [0.15, 0.2) is 12.1 Å². The summed E-state index contributed by atoms with van der Waals surface area (Å²) in [7, 11) is 4.45. The SMILES string of the molecule is COc1cc([C@@H](C(=O)NC2CCCC2)N(C[C@H]2CCCO2)C(=O)c2snc(C(N)=O)c2N)cc(OC)c1OC. The summed E-state index contributed by atoms with van der Waals surface area (Å²) in [6.45, 7) is 0.672. The summed E-state index contributed by atoms with van der Waals surface area (Å²) in [6.07, 6.45) is 5.03. The van der Waals surface area contributed by atoms with Gasteiger partial charge in [-0.15, -0.1) is 0 Å². The lowest BCUT2D eigenvalue weighted by Crippen LogP contribution is -2.48. The molecule has 2 heterocycles. The fourth-order valence-electron chi connectivity index (χ4n) is 5.16. The Bertz CT molecular complexity index is 1180. The van der Waals surface area contributed by atoms with E-state index in [0.29, 0.717) is 29.4 Å². The molecule has 5 N–H and O–H groups in total. The zero-order valence-electron chi connectivity index (χ0n) is 22.4. The molecule has 0 unspecified atom stereocenters. The van der Waals surface area contributed by atoms with Gasteiger partial charge in [0.1, 0.15) is 10.9 Å². The van der Waals surface area contributed by atoms with Crippen molar-refractivity contribution in [2.24, 2.45) is 5.73 Å². The van der Waals surface area contributed by atoms with Crippen molar-refractivity contribution < 1.29 is 33.3 Å². The van der Waals surface area contributed by atoms with Crippen molar-refractivity contribution in [1.82, 2.24) is 14.6 Å². The Morgan fingerprint density at radius 1 is 1.10 bits per heavy atom. The standard InChI is InChI=1S/C26H35N5O7S/c1-35-17-11-14(12-18(36-2)22(17)37-3)21(25(33)29-15-7-4-5-8-15)31(13-16-9-6-10-38-16)26(34)23-19(27)20(24(28)32)30-39-23/h11-12,15-16,21H,4-10,13,27H2,1-3H3,(H2,28,32)(H,29,33)/t16-,21+/m1/s1. The first-order chi connectivity index (χ1) is 18.8. The number of methoxy groups -OCH3 is 3. The van der Waals surface area contributed by atoms with E-state index in [9.17, 15) is 14.4 Å². The van der Waals surface area contributed by atoms with E-state index in [2.05, 4.69) is 9.69 Å². The van der Waals surface area contributed by atoms with E-state index in [-0.39, 0.29) is 40.9 Å². The van der Waals surface area contributed by atoms with E-state index in [0.717, 1.165) is 50.1 Å². The molecule has 0 radical (unpaired) electrons. The van der Waals surface area contributed by atoms with Crippen molar-refractivity contribution in [2.45, 2.75) is 56.7 Å². The highest BCUT2D eigenvalue weighted by atomic mass is 32.1. The molecule has 2 aliphatic rings. The highest BCUT2D eigenvalue weighted by molar-refractivity contribution is 7.09. The number of anilines is 1. The minimum Gasteiger partial charge on any atom is -0.493 e. The summed E-state index contributed by atoms with van der Waals surface area (Å²) in [5.74, 6) is -0.733. The van der Waals surface area contributed by atoms with Crippen LogP contribution in [0.3, 0.4) is 0 Å². The van der Waals surface area contributed by atoms with Gasteiger partial charge in [-0.1, -0.05) is 12.8 Å². The molecule has 2 aromatic rings. The van der Waals surface area contributed by atoms with Crippen LogP contribution in [-0.2, 0) is 9.53 Å². The number of carbonyl (C=O) groups excluding carboxylic acids is 3. The normalized spacial score (nSPS) is 18.0. The topological polar surface area (TPSA) is 168 Å². The maximum absolute atomic E-state index is 14.1. The predicted molar refractivity (Wildman–Crippen MR) is 144 cm³/mol. The maximum Gasteiger partial charge on any atom is 0.270 e. The number of nitrogens with one attached hydrogen (secondary N) is 1. The van der Waals surface area contributed by atoms with Crippen LogP contribution in [0.25, 0.3) is 0 Å². The first kappa shape index (κ1) is 28.4. The van der Waals surface area contributed by atoms with Gasteiger partial charge in [0.05, 0.1) is 33.1 Å². The van der Waals surface area contributed by atoms with Crippen molar-refractivity contribution in [2.75, 3.05) is 40.2 Å². The highest BCUT2D eigenvalue weighted by Gasteiger charge is 2.38. The summed E-state index contributed by atoms with van der Waals surface area (Å²) < 4.78 is 26.4. The number of nitrogen functional groups attached to an aromatic ring is 1. The lowest BCUT2D eigenvalue weighted by molar-refractivity contribution is -0.127. The number of hydrogen-bond donors (Lipinski definition) is 3. The summed E-state index contributed by atoms with van der Waals surface area (Å²) in [6, 6.07) is 2.20. The number of rotatable bonds is 11. The van der Waals surface area contributed by atoms with E-state index >= 15 is 0 Å². The van der Waals surface area contributed by atoms with Crippen molar-refractivity contribution in [1.29, 1.82) is 0 Å². The van der Waals surface area contributed by atoms with Crippen molar-refractivity contribution >= 4 is 34.9 Å². The third-order valence-electron chi connectivity index (χ3n) is 7.11. The molecule has 1 aromatic heterocycles. The number of benzene rings is 1. The Morgan fingerprint density at radius 3 is 2.28 bits per heavy atom. The Morgan fingerprint density at radius 2 is 1.77 bits per heavy atom. The molecule has 0 spiro atoms. The van der Waals surface area contributed by atoms with Gasteiger partial charge in [0.15, 0.2) is 17.2 Å². The lowest BCUT2D eigenvalue weighted by atomic mass is 10.0. The van der Waals surface area contributed by atoms with Gasteiger partial charge in [0, 0.05) is 19.2 Å². The largest absolute Gasteiger partial charge is 0.493 e. The number of hydrogen-bond acceptors (Lipinski definition) is 10. The van der Waals surface area contributed by atoms with E-state index in [1.54, 1.807) is 12.1 Å². The number of nitrogens with zero attached hydrogens (tertiary/aromatic N) is 2. The minimum absolute atomic E-state index is 0.00309. The average molecular weight is 562 g/mol. The number of aromatic nitrogens is 1. The van der Waals surface area contributed by atoms with Crippen LogP contribution >= 0.6 is 11.5 Å². The van der Waals surface area contributed by atoms with Gasteiger partial charge in [-0.25, -0.2) is 0 Å². The molecule has 0 bridgehead atoms. The van der Waals surface area contributed by atoms with Gasteiger partial charge in [0.25, 0.3) is 11.8 Å². The fourth-order valence-corrected chi connectivity index (χ4v) is 5.92. The quantitative estimate of drug-likeness (QED) is 0.373. The zero-order valence-corrected chi connectivity index (χ0v) is 23.2. The Hall–Kier alpha value is -3.58. The van der Waals surface area contributed by atoms with Crippen LogP contribution in [0.2, 0.25) is 0 Å². The Kier molecular flexibility index (Phi) is 9.12. The monoisotopic (exact) mass is 561 g/mol. The lowest BCUT2D eigenvalue weighted by Gasteiger charge is -2.34. The summed E-state index contributed by atoms with van der Waals surface area (Å²) in [5.41, 5.74) is 11.7. The van der Waals surface area contributed by atoms with Gasteiger partial charge < -0.3 is 40.6 Å². The Balaban J connectivity index is 1.84. The number of amides is 3. The molecule has 1 saturated carbocycles. The van der Waals surface area contributed by atoms with Crippen LogP contribution in [0.4, 0.5) is 5.69 Å². The second kappa shape index (κ2) is 12.5. The van der Waals surface area contributed by atoms with E-state index in [4.69, 9.17) is 30.4 Å². The van der Waals surface area contributed by atoms with Gasteiger partial charge >= 0.3 is 0 Å². The first-order valence-corrected chi connectivity index (χ1v) is 13.6. The van der Waals surface area contributed by atoms with Crippen LogP contribution in [0.1, 0.15) is 70.3 Å². The minimum atomic E-state index is -1.10. The smallest absolute Gasteiger partial charge is 0.270 e. The van der Waals surface area contributed by atoms with Crippen LogP contribution in [0.5, 0.6) is 17.2 Å². The van der Waals surface area contributed by atoms with Gasteiger partial charge in [0.2, 0.25) is 11.7 Å². The molecule has 3 amide bonds. The molecule has 39 heavy (non-hydrogen) atoms. The number of carbonyl (C=O) groups is 3. The molecule has 2 atom stereocenters. The molecule has 1 aliphatic carbocycles. The van der Waals surface area contributed by atoms with Crippen LogP contribution in [-0.4, -0.2) is 73.6 Å². The average Bonchev–Trinajstić information content (AvgIpc) is 3.70. The first-order valence-electron chi connectivity index (χ1n) is 12.9. The molecule has 212 valence electrons. The van der Waals surface area contributed by atoms with Gasteiger partial charge in [-0.05, 0) is 54.9 Å². The zero-order chi connectivity index (χ0) is 28.1. The predicted octanol–water partition coefficient (Wildman–Crippen LogP) is 2.27. The van der Waals surface area contributed by atoms with Gasteiger partial charge in [-0.3, -0.25) is 14.4 Å². The second-order valence-electron chi connectivity index (χ2n) is 9.58.